The van der Waals surface area contributed by atoms with Gasteiger partial charge in [-0.2, -0.15) is 0 Å². The van der Waals surface area contributed by atoms with Gasteiger partial charge in [0.15, 0.2) is 10.8 Å². The fourth-order valence-corrected chi connectivity index (χ4v) is 3.21. The van der Waals surface area contributed by atoms with Crippen LogP contribution in [0.3, 0.4) is 0 Å². The molecule has 0 aliphatic carbocycles. The van der Waals surface area contributed by atoms with Crippen molar-refractivity contribution in [2.75, 3.05) is 0 Å². The van der Waals surface area contributed by atoms with Crippen LogP contribution >= 0.6 is 11.8 Å². The standard InChI is InChI=1S/C15H13N3O2S/c19-14(20)10-12(11-6-2-1-3-7-11)21-15-17-16-13-8-4-5-9-18(13)15/h1-9,12H,10H2,(H,19,20). The molecule has 3 rings (SSSR count). The number of carboxylic acid groups (broad SMARTS) is 1. The molecular weight excluding hydrogens is 286 g/mol. The number of pyridine rings is 1. The molecule has 1 aromatic carbocycles. The first kappa shape index (κ1) is 13.6. The van der Waals surface area contributed by atoms with Gasteiger partial charge in [0.05, 0.1) is 6.42 Å². The molecule has 0 bridgehead atoms. The smallest absolute Gasteiger partial charge is 0.304 e. The monoisotopic (exact) mass is 299 g/mol. The molecule has 1 atom stereocenters. The Hall–Kier alpha value is -2.34. The number of thioether (sulfide) groups is 1. The van der Waals surface area contributed by atoms with E-state index < -0.39 is 5.97 Å². The van der Waals surface area contributed by atoms with E-state index in [0.29, 0.717) is 5.16 Å². The Balaban J connectivity index is 1.93. The molecule has 106 valence electrons. The fraction of sp³-hybridized carbons (Fsp3) is 0.133. The van der Waals surface area contributed by atoms with Crippen molar-refractivity contribution in [1.82, 2.24) is 14.6 Å². The number of hydrogen-bond acceptors (Lipinski definition) is 4. The predicted octanol–water partition coefficient (Wildman–Crippen LogP) is 3.04. The van der Waals surface area contributed by atoms with Crippen molar-refractivity contribution in [2.24, 2.45) is 0 Å². The molecule has 3 aromatic rings. The maximum absolute atomic E-state index is 11.1. The Labute approximate surface area is 125 Å². The summed E-state index contributed by atoms with van der Waals surface area (Å²) in [7, 11) is 0. The van der Waals surface area contributed by atoms with Gasteiger partial charge in [0.25, 0.3) is 0 Å². The Kier molecular flexibility index (Phi) is 3.87. The van der Waals surface area contributed by atoms with E-state index in [1.54, 1.807) is 0 Å². The van der Waals surface area contributed by atoms with Crippen LogP contribution in [0.4, 0.5) is 0 Å². The van der Waals surface area contributed by atoms with Crippen molar-refractivity contribution in [3.63, 3.8) is 0 Å². The lowest BCUT2D eigenvalue weighted by molar-refractivity contribution is -0.137. The molecule has 2 heterocycles. The second-order valence-electron chi connectivity index (χ2n) is 4.53. The molecule has 5 nitrogen and oxygen atoms in total. The predicted molar refractivity (Wildman–Crippen MR) is 80.3 cm³/mol. The topological polar surface area (TPSA) is 67.5 Å². The zero-order valence-electron chi connectivity index (χ0n) is 11.1. The number of fused-ring (bicyclic) bond motifs is 1. The van der Waals surface area contributed by atoms with Crippen LogP contribution < -0.4 is 0 Å². The van der Waals surface area contributed by atoms with Crippen LogP contribution in [0.5, 0.6) is 0 Å². The molecule has 0 fully saturated rings. The quantitative estimate of drug-likeness (QED) is 0.733. The number of rotatable bonds is 5. The molecule has 21 heavy (non-hydrogen) atoms. The van der Waals surface area contributed by atoms with Gasteiger partial charge in [0.1, 0.15) is 0 Å². The third-order valence-electron chi connectivity index (χ3n) is 3.06. The molecular formula is C15H13N3O2S. The molecule has 0 spiro atoms. The summed E-state index contributed by atoms with van der Waals surface area (Å²) in [6.45, 7) is 0. The first-order valence-electron chi connectivity index (χ1n) is 6.47. The molecule has 0 radical (unpaired) electrons. The van der Waals surface area contributed by atoms with Gasteiger partial charge in [0, 0.05) is 11.4 Å². The third kappa shape index (κ3) is 3.05. The van der Waals surface area contributed by atoms with E-state index in [0.717, 1.165) is 11.2 Å². The van der Waals surface area contributed by atoms with Crippen molar-refractivity contribution >= 4 is 23.4 Å². The Morgan fingerprint density at radius 1 is 1.14 bits per heavy atom. The lowest BCUT2D eigenvalue weighted by Crippen LogP contribution is -2.04. The normalized spacial score (nSPS) is 12.4. The maximum Gasteiger partial charge on any atom is 0.304 e. The summed E-state index contributed by atoms with van der Waals surface area (Å²) in [6.07, 6.45) is 1.91. The molecule has 0 aliphatic heterocycles. The minimum atomic E-state index is -0.829. The number of carboxylic acids is 1. The van der Waals surface area contributed by atoms with E-state index >= 15 is 0 Å². The van der Waals surface area contributed by atoms with Gasteiger partial charge in [-0.3, -0.25) is 9.20 Å². The maximum atomic E-state index is 11.1. The lowest BCUT2D eigenvalue weighted by atomic mass is 10.1. The van der Waals surface area contributed by atoms with E-state index in [4.69, 9.17) is 5.11 Å². The van der Waals surface area contributed by atoms with Crippen molar-refractivity contribution in [3.05, 3.63) is 60.3 Å². The third-order valence-corrected chi connectivity index (χ3v) is 4.27. The van der Waals surface area contributed by atoms with E-state index in [-0.39, 0.29) is 11.7 Å². The molecule has 0 aliphatic rings. The van der Waals surface area contributed by atoms with Gasteiger partial charge in [-0.15, -0.1) is 10.2 Å². The number of nitrogens with zero attached hydrogens (tertiary/aromatic N) is 3. The number of hydrogen-bond donors (Lipinski definition) is 1. The summed E-state index contributed by atoms with van der Waals surface area (Å²) >= 11 is 1.41. The van der Waals surface area contributed by atoms with Crippen LogP contribution in [0.2, 0.25) is 0 Å². The van der Waals surface area contributed by atoms with Crippen LogP contribution in [0.15, 0.2) is 59.9 Å². The highest BCUT2D eigenvalue weighted by molar-refractivity contribution is 7.99. The number of benzene rings is 1. The highest BCUT2D eigenvalue weighted by Crippen LogP contribution is 2.36. The molecule has 0 saturated heterocycles. The highest BCUT2D eigenvalue weighted by atomic mass is 32.2. The summed E-state index contributed by atoms with van der Waals surface area (Å²) in [5.74, 6) is -0.829. The van der Waals surface area contributed by atoms with E-state index in [9.17, 15) is 4.79 Å². The van der Waals surface area contributed by atoms with Crippen molar-refractivity contribution in [3.8, 4) is 0 Å². The summed E-state index contributed by atoms with van der Waals surface area (Å²) in [5.41, 5.74) is 1.72. The highest BCUT2D eigenvalue weighted by Gasteiger charge is 2.19. The average Bonchev–Trinajstić information content (AvgIpc) is 2.90. The van der Waals surface area contributed by atoms with Crippen LogP contribution in [-0.2, 0) is 4.79 Å². The van der Waals surface area contributed by atoms with Crippen molar-refractivity contribution in [1.29, 1.82) is 0 Å². The van der Waals surface area contributed by atoms with Gasteiger partial charge < -0.3 is 5.11 Å². The molecule has 0 amide bonds. The summed E-state index contributed by atoms with van der Waals surface area (Å²) in [4.78, 5) is 11.1. The largest absolute Gasteiger partial charge is 0.481 e. The van der Waals surface area contributed by atoms with Gasteiger partial charge in [-0.1, -0.05) is 48.2 Å². The van der Waals surface area contributed by atoms with Crippen molar-refractivity contribution in [2.45, 2.75) is 16.8 Å². The van der Waals surface area contributed by atoms with Gasteiger partial charge in [-0.05, 0) is 17.7 Å². The summed E-state index contributed by atoms with van der Waals surface area (Å²) in [6, 6.07) is 15.3. The van der Waals surface area contributed by atoms with Gasteiger partial charge >= 0.3 is 5.97 Å². The van der Waals surface area contributed by atoms with Gasteiger partial charge in [-0.25, -0.2) is 0 Å². The number of aliphatic carboxylic acids is 1. The fourth-order valence-electron chi connectivity index (χ4n) is 2.08. The van der Waals surface area contributed by atoms with E-state index in [1.165, 1.54) is 11.8 Å². The Morgan fingerprint density at radius 2 is 1.90 bits per heavy atom. The molecule has 6 heteroatoms. The summed E-state index contributed by atoms with van der Waals surface area (Å²) < 4.78 is 1.86. The SMILES string of the molecule is O=C(O)CC(Sc1nnc2ccccn12)c1ccccc1. The minimum Gasteiger partial charge on any atom is -0.481 e. The lowest BCUT2D eigenvalue weighted by Gasteiger charge is -2.13. The van der Waals surface area contributed by atoms with Crippen LogP contribution in [-0.4, -0.2) is 25.7 Å². The molecule has 1 unspecified atom stereocenters. The molecule has 2 aromatic heterocycles. The zero-order chi connectivity index (χ0) is 14.7. The van der Waals surface area contributed by atoms with Crippen molar-refractivity contribution < 1.29 is 9.90 Å². The zero-order valence-corrected chi connectivity index (χ0v) is 11.9. The van der Waals surface area contributed by atoms with E-state index in [1.807, 2.05) is 59.1 Å². The van der Waals surface area contributed by atoms with E-state index in [2.05, 4.69) is 10.2 Å². The average molecular weight is 299 g/mol. The number of carbonyl (C=O) groups is 1. The van der Waals surface area contributed by atoms with Crippen LogP contribution in [0.25, 0.3) is 5.65 Å². The summed E-state index contributed by atoms with van der Waals surface area (Å²) in [5, 5.41) is 17.9. The second-order valence-corrected chi connectivity index (χ2v) is 5.70. The molecule has 0 saturated carbocycles. The minimum absolute atomic E-state index is 0.0381. The Morgan fingerprint density at radius 3 is 2.67 bits per heavy atom. The Bertz CT molecular complexity index is 758. The van der Waals surface area contributed by atoms with Gasteiger partial charge in [0.2, 0.25) is 0 Å². The van der Waals surface area contributed by atoms with Crippen LogP contribution in [0.1, 0.15) is 17.2 Å². The number of aromatic nitrogens is 3. The van der Waals surface area contributed by atoms with Crippen LogP contribution in [0, 0.1) is 0 Å². The first-order chi connectivity index (χ1) is 10.2. The second kappa shape index (κ2) is 5.97. The molecule has 1 N–H and O–H groups in total. The first-order valence-corrected chi connectivity index (χ1v) is 7.35.